The third-order valence-electron chi connectivity index (χ3n) is 2.63. The third-order valence-corrected chi connectivity index (χ3v) is 3.62. The molecule has 1 aromatic carbocycles. The minimum atomic E-state index is -0.0751. The number of aryl methyl sites for hydroxylation is 2. The van der Waals surface area contributed by atoms with E-state index in [1.54, 1.807) is 0 Å². The number of rotatable bonds is 4. The third kappa shape index (κ3) is 3.30. The van der Waals surface area contributed by atoms with Crippen molar-refractivity contribution >= 4 is 15.9 Å². The van der Waals surface area contributed by atoms with Gasteiger partial charge in [-0.3, -0.25) is 0 Å². The fourth-order valence-electron chi connectivity index (χ4n) is 1.71. The zero-order chi connectivity index (χ0) is 11.4. The Hall–Kier alpha value is -0.370. The van der Waals surface area contributed by atoms with Crippen molar-refractivity contribution in [2.24, 2.45) is 0 Å². The molecule has 0 aromatic heterocycles. The normalized spacial score (nSPS) is 12.9. The number of halogens is 2. The quantitative estimate of drug-likeness (QED) is 0.672. The topological polar surface area (TPSA) is 0 Å². The summed E-state index contributed by atoms with van der Waals surface area (Å²) in [6.45, 7) is 5.83. The second-order valence-corrected chi connectivity index (χ2v) is 5.18. The fourth-order valence-corrected chi connectivity index (χ4v) is 2.30. The molecule has 84 valence electrons. The summed E-state index contributed by atoms with van der Waals surface area (Å²) in [6.07, 6.45) is 3.51. The lowest BCUT2D eigenvalue weighted by Gasteiger charge is -2.12. The number of alkyl halides is 1. The Morgan fingerprint density at radius 2 is 1.80 bits per heavy atom. The minimum Gasteiger partial charge on any atom is -0.206 e. The molecule has 0 aliphatic rings. The van der Waals surface area contributed by atoms with Gasteiger partial charge in [-0.05, 0) is 37.0 Å². The zero-order valence-electron chi connectivity index (χ0n) is 9.61. The molecular weight excluding hydrogens is 255 g/mol. The maximum Gasteiger partial charge on any atom is 0.129 e. The molecule has 0 fully saturated rings. The molecule has 2 heteroatoms. The van der Waals surface area contributed by atoms with Crippen LogP contribution in [-0.2, 0) is 0 Å². The Kier molecular flexibility index (Phi) is 4.78. The van der Waals surface area contributed by atoms with Crippen LogP contribution in [0, 0.1) is 19.7 Å². The molecule has 0 bridgehead atoms. The summed E-state index contributed by atoms with van der Waals surface area (Å²) < 4.78 is 13.4. The van der Waals surface area contributed by atoms with Gasteiger partial charge in [0.1, 0.15) is 5.82 Å². The molecule has 0 aliphatic heterocycles. The number of unbranched alkanes of at least 4 members (excludes halogenated alkanes) is 1. The Morgan fingerprint density at radius 1 is 1.27 bits per heavy atom. The van der Waals surface area contributed by atoms with Crippen LogP contribution in [-0.4, -0.2) is 0 Å². The summed E-state index contributed by atoms with van der Waals surface area (Å²) in [4.78, 5) is 0.357. The molecule has 0 saturated heterocycles. The van der Waals surface area contributed by atoms with Crippen molar-refractivity contribution in [2.45, 2.75) is 44.9 Å². The molecule has 1 aromatic rings. The van der Waals surface area contributed by atoms with E-state index in [1.165, 1.54) is 18.4 Å². The lowest BCUT2D eigenvalue weighted by atomic mass is 10.0. The predicted octanol–water partition coefficient (Wildman–Crippen LogP) is 5.07. The lowest BCUT2D eigenvalue weighted by molar-refractivity contribution is 0.607. The molecule has 1 unspecified atom stereocenters. The maximum atomic E-state index is 13.4. The van der Waals surface area contributed by atoms with Crippen LogP contribution in [0.1, 0.15) is 47.7 Å². The minimum absolute atomic E-state index is 0.0751. The summed E-state index contributed by atoms with van der Waals surface area (Å²) in [6, 6.07) is 3.88. The van der Waals surface area contributed by atoms with Crippen LogP contribution in [0.15, 0.2) is 12.1 Å². The molecule has 15 heavy (non-hydrogen) atoms. The van der Waals surface area contributed by atoms with Gasteiger partial charge in [0.15, 0.2) is 0 Å². The second-order valence-electron chi connectivity index (χ2n) is 4.08. The van der Waals surface area contributed by atoms with Gasteiger partial charge in [0.2, 0.25) is 0 Å². The van der Waals surface area contributed by atoms with Crippen LogP contribution < -0.4 is 0 Å². The first-order valence-electron chi connectivity index (χ1n) is 5.47. The van der Waals surface area contributed by atoms with Crippen molar-refractivity contribution in [3.8, 4) is 0 Å². The molecule has 0 nitrogen and oxygen atoms in total. The molecule has 0 heterocycles. The monoisotopic (exact) mass is 272 g/mol. The number of hydrogen-bond donors (Lipinski definition) is 0. The molecule has 1 rings (SSSR count). The fraction of sp³-hybridized carbons (Fsp3) is 0.538. The highest BCUT2D eigenvalue weighted by Gasteiger charge is 2.10. The SMILES string of the molecule is CCCCC(Br)c1cc(C)c(F)c(C)c1. The number of benzene rings is 1. The van der Waals surface area contributed by atoms with Crippen molar-refractivity contribution in [3.63, 3.8) is 0 Å². The summed E-state index contributed by atoms with van der Waals surface area (Å²) >= 11 is 3.66. The van der Waals surface area contributed by atoms with Gasteiger partial charge in [0, 0.05) is 4.83 Å². The van der Waals surface area contributed by atoms with Crippen LogP contribution in [0.2, 0.25) is 0 Å². The molecule has 0 spiro atoms. The van der Waals surface area contributed by atoms with E-state index in [0.717, 1.165) is 17.5 Å². The Morgan fingerprint density at radius 3 is 2.27 bits per heavy atom. The van der Waals surface area contributed by atoms with E-state index in [2.05, 4.69) is 22.9 Å². The highest BCUT2D eigenvalue weighted by atomic mass is 79.9. The molecule has 0 radical (unpaired) electrons. The first-order chi connectivity index (χ1) is 7.06. The first-order valence-corrected chi connectivity index (χ1v) is 6.38. The van der Waals surface area contributed by atoms with Crippen LogP contribution in [0.3, 0.4) is 0 Å². The average molecular weight is 273 g/mol. The molecule has 0 N–H and O–H groups in total. The van der Waals surface area contributed by atoms with E-state index >= 15 is 0 Å². The Balaban J connectivity index is 2.86. The average Bonchev–Trinajstić information content (AvgIpc) is 2.21. The molecule has 1 atom stereocenters. The molecule has 0 aliphatic carbocycles. The zero-order valence-corrected chi connectivity index (χ0v) is 11.2. The molecular formula is C13H18BrF. The molecule has 0 saturated carbocycles. The summed E-state index contributed by atoms with van der Waals surface area (Å²) in [7, 11) is 0. The van der Waals surface area contributed by atoms with E-state index in [1.807, 2.05) is 26.0 Å². The van der Waals surface area contributed by atoms with Crippen molar-refractivity contribution in [3.05, 3.63) is 34.6 Å². The standard InChI is InChI=1S/C13H18BrF/c1-4-5-6-12(14)11-7-9(2)13(15)10(3)8-11/h7-8,12H,4-6H2,1-3H3. The van der Waals surface area contributed by atoms with Crippen LogP contribution in [0.5, 0.6) is 0 Å². The Labute approximate surface area is 100 Å². The van der Waals surface area contributed by atoms with Crippen LogP contribution >= 0.6 is 15.9 Å². The van der Waals surface area contributed by atoms with E-state index < -0.39 is 0 Å². The highest BCUT2D eigenvalue weighted by Crippen LogP contribution is 2.30. The Bertz CT molecular complexity index is 310. The van der Waals surface area contributed by atoms with Gasteiger partial charge in [-0.2, -0.15) is 0 Å². The van der Waals surface area contributed by atoms with Gasteiger partial charge in [-0.1, -0.05) is 47.8 Å². The lowest BCUT2D eigenvalue weighted by Crippen LogP contribution is -1.95. The molecule has 0 amide bonds. The largest absolute Gasteiger partial charge is 0.206 e. The van der Waals surface area contributed by atoms with Gasteiger partial charge in [0.05, 0.1) is 0 Å². The van der Waals surface area contributed by atoms with E-state index in [4.69, 9.17) is 0 Å². The summed E-state index contributed by atoms with van der Waals surface area (Å²) in [5, 5.41) is 0. The van der Waals surface area contributed by atoms with Crippen LogP contribution in [0.25, 0.3) is 0 Å². The van der Waals surface area contributed by atoms with Gasteiger partial charge in [-0.25, -0.2) is 4.39 Å². The number of hydrogen-bond acceptors (Lipinski definition) is 0. The predicted molar refractivity (Wildman–Crippen MR) is 67.1 cm³/mol. The van der Waals surface area contributed by atoms with Crippen molar-refractivity contribution in [1.82, 2.24) is 0 Å². The van der Waals surface area contributed by atoms with E-state index in [0.29, 0.717) is 4.83 Å². The van der Waals surface area contributed by atoms with Crippen molar-refractivity contribution in [1.29, 1.82) is 0 Å². The summed E-state index contributed by atoms with van der Waals surface area (Å²) in [5.41, 5.74) is 2.68. The van der Waals surface area contributed by atoms with E-state index in [9.17, 15) is 4.39 Å². The second kappa shape index (κ2) is 5.64. The summed E-state index contributed by atoms with van der Waals surface area (Å²) in [5.74, 6) is -0.0751. The van der Waals surface area contributed by atoms with Crippen LogP contribution in [0.4, 0.5) is 4.39 Å². The van der Waals surface area contributed by atoms with Gasteiger partial charge in [-0.15, -0.1) is 0 Å². The maximum absolute atomic E-state index is 13.4. The van der Waals surface area contributed by atoms with Gasteiger partial charge >= 0.3 is 0 Å². The highest BCUT2D eigenvalue weighted by molar-refractivity contribution is 9.09. The van der Waals surface area contributed by atoms with Crippen molar-refractivity contribution in [2.75, 3.05) is 0 Å². The van der Waals surface area contributed by atoms with Gasteiger partial charge < -0.3 is 0 Å². The van der Waals surface area contributed by atoms with Gasteiger partial charge in [0.25, 0.3) is 0 Å². The van der Waals surface area contributed by atoms with E-state index in [-0.39, 0.29) is 5.82 Å². The smallest absolute Gasteiger partial charge is 0.129 e. The van der Waals surface area contributed by atoms with Crippen molar-refractivity contribution < 1.29 is 4.39 Å². The first kappa shape index (κ1) is 12.7.